The van der Waals surface area contributed by atoms with E-state index in [0.29, 0.717) is 5.13 Å². The molecule has 6 nitrogen and oxygen atoms in total. The molecule has 7 heteroatoms. The number of hydrogen-bond acceptors (Lipinski definition) is 6. The fourth-order valence-corrected chi connectivity index (χ4v) is 5.33. The maximum atomic E-state index is 12.5. The predicted octanol–water partition coefficient (Wildman–Crippen LogP) is 5.74. The van der Waals surface area contributed by atoms with Gasteiger partial charge in [0, 0.05) is 30.5 Å². The van der Waals surface area contributed by atoms with Crippen molar-refractivity contribution in [3.05, 3.63) is 64.7 Å². The van der Waals surface area contributed by atoms with Crippen molar-refractivity contribution in [2.24, 2.45) is 0 Å². The number of hydrogen-bond donors (Lipinski definition) is 0. The van der Waals surface area contributed by atoms with Crippen molar-refractivity contribution < 1.29 is 14.3 Å². The third-order valence-electron chi connectivity index (χ3n) is 6.17. The molecule has 0 N–H and O–H groups in total. The highest BCUT2D eigenvalue weighted by Crippen LogP contribution is 2.40. The molecule has 174 valence electrons. The first-order valence-corrected chi connectivity index (χ1v) is 12.2. The van der Waals surface area contributed by atoms with Crippen LogP contribution in [0.1, 0.15) is 49.6 Å². The van der Waals surface area contributed by atoms with E-state index in [-0.39, 0.29) is 11.9 Å². The average molecular weight is 466 g/mol. The van der Waals surface area contributed by atoms with Crippen LogP contribution in [0.15, 0.2) is 47.8 Å². The Bertz CT molecular complexity index is 1100. The Morgan fingerprint density at radius 2 is 1.97 bits per heavy atom. The van der Waals surface area contributed by atoms with Gasteiger partial charge in [0.1, 0.15) is 11.5 Å². The van der Waals surface area contributed by atoms with E-state index >= 15 is 0 Å². The number of carbonyl (C=O) groups is 1. The van der Waals surface area contributed by atoms with Crippen molar-refractivity contribution in [2.75, 3.05) is 25.7 Å². The highest BCUT2D eigenvalue weighted by molar-refractivity contribution is 7.14. The van der Waals surface area contributed by atoms with Gasteiger partial charge in [-0.1, -0.05) is 19.1 Å². The summed E-state index contributed by atoms with van der Waals surface area (Å²) in [6.45, 7) is 5.42. The van der Waals surface area contributed by atoms with Gasteiger partial charge in [-0.2, -0.15) is 0 Å². The molecule has 33 heavy (non-hydrogen) atoms. The maximum Gasteiger partial charge on any atom is 0.230 e. The molecular formula is C26H31N3O3S. The number of methoxy groups -OCH3 is 2. The third kappa shape index (κ3) is 5.04. The summed E-state index contributed by atoms with van der Waals surface area (Å²) >= 11 is 1.51. The molecule has 1 fully saturated rings. The Morgan fingerprint density at radius 1 is 1.18 bits per heavy atom. The zero-order chi connectivity index (χ0) is 23.4. The fraction of sp³-hybridized carbons (Fsp3) is 0.385. The number of benzene rings is 2. The standard InChI is InChI=1S/C26H31N3O3S/c1-5-19-8-10-21(11-9-19)29(18(2)30)26-27-20(17-33-26)16-28-14-6-7-24(28)23-15-22(31-3)12-13-25(23)32-4/h8-13,15,17,24H,5-7,14,16H2,1-4H3/t24-/m1/s1. The van der Waals surface area contributed by atoms with Crippen molar-refractivity contribution in [3.63, 3.8) is 0 Å². The number of carbonyl (C=O) groups excluding carboxylic acids is 1. The van der Waals surface area contributed by atoms with Gasteiger partial charge in [-0.05, 0) is 61.7 Å². The highest BCUT2D eigenvalue weighted by atomic mass is 32.1. The molecule has 4 rings (SSSR count). The van der Waals surface area contributed by atoms with Gasteiger partial charge in [-0.25, -0.2) is 4.98 Å². The van der Waals surface area contributed by atoms with E-state index in [1.165, 1.54) is 16.9 Å². The first-order valence-electron chi connectivity index (χ1n) is 11.3. The van der Waals surface area contributed by atoms with E-state index in [4.69, 9.17) is 14.5 Å². The summed E-state index contributed by atoms with van der Waals surface area (Å²) in [7, 11) is 3.39. The number of anilines is 2. The van der Waals surface area contributed by atoms with Crippen LogP contribution in [0, 0.1) is 0 Å². The molecule has 0 spiro atoms. The van der Waals surface area contributed by atoms with Gasteiger partial charge in [0.05, 0.1) is 25.6 Å². The molecule has 0 radical (unpaired) electrons. The van der Waals surface area contributed by atoms with Crippen LogP contribution < -0.4 is 14.4 Å². The topological polar surface area (TPSA) is 54.9 Å². The van der Waals surface area contributed by atoms with E-state index in [1.807, 2.05) is 24.3 Å². The SMILES string of the molecule is CCc1ccc(N(C(C)=O)c2nc(CN3CCC[C@@H]3c3cc(OC)ccc3OC)cs2)cc1. The van der Waals surface area contributed by atoms with Gasteiger partial charge in [-0.3, -0.25) is 14.6 Å². The van der Waals surface area contributed by atoms with Crippen LogP contribution in [-0.2, 0) is 17.8 Å². The molecule has 0 aliphatic carbocycles. The molecular weight excluding hydrogens is 434 g/mol. The van der Waals surface area contributed by atoms with Crippen LogP contribution in [0.25, 0.3) is 0 Å². The maximum absolute atomic E-state index is 12.5. The molecule has 0 bridgehead atoms. The summed E-state index contributed by atoms with van der Waals surface area (Å²) in [4.78, 5) is 21.5. The quantitative estimate of drug-likeness (QED) is 0.424. The van der Waals surface area contributed by atoms with Crippen LogP contribution in [-0.4, -0.2) is 36.6 Å². The number of thiazole rings is 1. The lowest BCUT2D eigenvalue weighted by molar-refractivity contribution is -0.115. The van der Waals surface area contributed by atoms with Gasteiger partial charge in [0.25, 0.3) is 0 Å². The number of rotatable bonds is 8. The molecule has 1 amide bonds. The second-order valence-electron chi connectivity index (χ2n) is 8.23. The van der Waals surface area contributed by atoms with Crippen LogP contribution >= 0.6 is 11.3 Å². The van der Waals surface area contributed by atoms with Crippen LogP contribution in [0.4, 0.5) is 10.8 Å². The number of aromatic nitrogens is 1. The van der Waals surface area contributed by atoms with E-state index in [0.717, 1.165) is 60.8 Å². The van der Waals surface area contributed by atoms with Crippen LogP contribution in [0.2, 0.25) is 0 Å². The summed E-state index contributed by atoms with van der Waals surface area (Å²) in [6.07, 6.45) is 3.14. The largest absolute Gasteiger partial charge is 0.497 e. The Labute approximate surface area is 199 Å². The Kier molecular flexibility index (Phi) is 7.30. The summed E-state index contributed by atoms with van der Waals surface area (Å²) in [6, 6.07) is 14.3. The fourth-order valence-electron chi connectivity index (χ4n) is 4.45. The van der Waals surface area contributed by atoms with E-state index < -0.39 is 0 Å². The number of ether oxygens (including phenoxy) is 2. The van der Waals surface area contributed by atoms with Crippen molar-refractivity contribution >= 4 is 28.1 Å². The van der Waals surface area contributed by atoms with Gasteiger partial charge in [-0.15, -0.1) is 11.3 Å². The molecule has 1 aliphatic heterocycles. The lowest BCUT2D eigenvalue weighted by Gasteiger charge is -2.26. The van der Waals surface area contributed by atoms with Crippen LogP contribution in [0.5, 0.6) is 11.5 Å². The number of likely N-dealkylation sites (tertiary alicyclic amines) is 1. The summed E-state index contributed by atoms with van der Waals surface area (Å²) < 4.78 is 11.1. The lowest BCUT2D eigenvalue weighted by atomic mass is 10.0. The lowest BCUT2D eigenvalue weighted by Crippen LogP contribution is -2.24. The van der Waals surface area contributed by atoms with E-state index in [2.05, 4.69) is 35.4 Å². The molecule has 1 aliphatic rings. The van der Waals surface area contributed by atoms with Crippen molar-refractivity contribution in [3.8, 4) is 11.5 Å². The van der Waals surface area contributed by atoms with Crippen molar-refractivity contribution in [1.82, 2.24) is 9.88 Å². The van der Waals surface area contributed by atoms with Crippen LogP contribution in [0.3, 0.4) is 0 Å². The van der Waals surface area contributed by atoms with Crippen molar-refractivity contribution in [2.45, 2.75) is 45.7 Å². The van der Waals surface area contributed by atoms with Gasteiger partial charge >= 0.3 is 0 Å². The minimum absolute atomic E-state index is 0.0414. The Balaban J connectivity index is 1.55. The minimum atomic E-state index is -0.0414. The monoisotopic (exact) mass is 465 g/mol. The first kappa shape index (κ1) is 23.3. The number of aryl methyl sites for hydroxylation is 1. The van der Waals surface area contributed by atoms with Crippen molar-refractivity contribution in [1.29, 1.82) is 0 Å². The van der Waals surface area contributed by atoms with Gasteiger partial charge < -0.3 is 9.47 Å². The zero-order valence-electron chi connectivity index (χ0n) is 19.7. The summed E-state index contributed by atoms with van der Waals surface area (Å²) in [5, 5.41) is 2.76. The predicted molar refractivity (Wildman–Crippen MR) is 133 cm³/mol. The minimum Gasteiger partial charge on any atom is -0.497 e. The molecule has 0 unspecified atom stereocenters. The molecule has 3 aromatic rings. The summed E-state index contributed by atoms with van der Waals surface area (Å²) in [5.41, 5.74) is 4.21. The second-order valence-corrected chi connectivity index (χ2v) is 9.07. The van der Waals surface area contributed by atoms with E-state index in [1.54, 1.807) is 26.0 Å². The second kappa shape index (κ2) is 10.4. The third-order valence-corrected chi connectivity index (χ3v) is 7.05. The molecule has 1 atom stereocenters. The molecule has 1 aromatic heterocycles. The number of amides is 1. The van der Waals surface area contributed by atoms with E-state index in [9.17, 15) is 4.79 Å². The molecule has 1 saturated heterocycles. The normalized spacial score (nSPS) is 16.1. The smallest absolute Gasteiger partial charge is 0.230 e. The van der Waals surface area contributed by atoms with Gasteiger partial charge in [0.15, 0.2) is 5.13 Å². The highest BCUT2D eigenvalue weighted by Gasteiger charge is 2.29. The molecule has 2 aromatic carbocycles. The first-order chi connectivity index (χ1) is 16.0. The average Bonchev–Trinajstić information content (AvgIpc) is 3.49. The Morgan fingerprint density at radius 3 is 2.64 bits per heavy atom. The molecule has 0 saturated carbocycles. The Hall–Kier alpha value is -2.90. The summed E-state index contributed by atoms with van der Waals surface area (Å²) in [5.74, 6) is 1.67. The zero-order valence-corrected chi connectivity index (χ0v) is 20.5. The van der Waals surface area contributed by atoms with Gasteiger partial charge in [0.2, 0.25) is 5.91 Å². The number of nitrogens with zero attached hydrogens (tertiary/aromatic N) is 3. The molecule has 2 heterocycles.